The summed E-state index contributed by atoms with van der Waals surface area (Å²) in [6, 6.07) is 5.18. The molecule has 102 valence electrons. The minimum Gasteiger partial charge on any atom is -0.497 e. The van der Waals surface area contributed by atoms with E-state index in [9.17, 15) is 9.59 Å². The molecule has 1 heterocycles. The summed E-state index contributed by atoms with van der Waals surface area (Å²) in [4.78, 5) is 23.4. The smallest absolute Gasteiger partial charge is 0.318 e. The molecule has 1 aliphatic heterocycles. The van der Waals surface area contributed by atoms with E-state index in [2.05, 4.69) is 10.1 Å². The molecule has 0 aromatic heterocycles. The number of amides is 1. The average molecular weight is 284 g/mol. The van der Waals surface area contributed by atoms with Crippen LogP contribution in [-0.4, -0.2) is 32.6 Å². The third kappa shape index (κ3) is 2.51. The Labute approximate surface area is 115 Å². The summed E-state index contributed by atoms with van der Waals surface area (Å²) in [6.45, 7) is 0.366. The molecule has 1 aromatic carbocycles. The van der Waals surface area contributed by atoms with Crippen molar-refractivity contribution < 1.29 is 19.1 Å². The Kier molecular flexibility index (Phi) is 3.95. The molecule has 6 heteroatoms. The summed E-state index contributed by atoms with van der Waals surface area (Å²) in [7, 11) is 2.81. The van der Waals surface area contributed by atoms with Gasteiger partial charge in [-0.25, -0.2) is 0 Å². The van der Waals surface area contributed by atoms with Crippen LogP contribution in [-0.2, 0) is 14.3 Å². The zero-order valence-electron chi connectivity index (χ0n) is 10.6. The monoisotopic (exact) mass is 283 g/mol. The number of rotatable bonds is 3. The van der Waals surface area contributed by atoms with Crippen molar-refractivity contribution in [1.29, 1.82) is 0 Å². The Morgan fingerprint density at radius 3 is 2.74 bits per heavy atom. The molecule has 19 heavy (non-hydrogen) atoms. The molecular formula is C13H14ClNO4. The van der Waals surface area contributed by atoms with Gasteiger partial charge in [-0.3, -0.25) is 9.59 Å². The lowest BCUT2D eigenvalue weighted by Crippen LogP contribution is -2.28. The van der Waals surface area contributed by atoms with Gasteiger partial charge in [0.25, 0.3) is 0 Å². The van der Waals surface area contributed by atoms with Gasteiger partial charge in [0.1, 0.15) is 11.7 Å². The van der Waals surface area contributed by atoms with Gasteiger partial charge in [0.05, 0.1) is 14.2 Å². The molecule has 2 atom stereocenters. The van der Waals surface area contributed by atoms with Crippen LogP contribution in [0.3, 0.4) is 0 Å². The summed E-state index contributed by atoms with van der Waals surface area (Å²) in [6.07, 6.45) is 0. The normalized spacial score (nSPS) is 21.9. The lowest BCUT2D eigenvalue weighted by molar-refractivity contribution is -0.149. The second-order valence-electron chi connectivity index (χ2n) is 4.24. The maximum atomic E-state index is 11.7. The van der Waals surface area contributed by atoms with Crippen LogP contribution in [0.1, 0.15) is 11.5 Å². The second kappa shape index (κ2) is 5.48. The van der Waals surface area contributed by atoms with Gasteiger partial charge in [-0.1, -0.05) is 17.7 Å². The first kappa shape index (κ1) is 13.7. The number of hydrogen-bond donors (Lipinski definition) is 1. The SMILES string of the molecule is COC(=O)[C@@H]1C(=O)NC[C@H]1c1ccc(OC)cc1Cl. The molecule has 0 unspecified atom stereocenters. The molecule has 0 aliphatic carbocycles. The maximum Gasteiger partial charge on any atom is 0.318 e. The molecule has 1 aliphatic rings. The van der Waals surface area contributed by atoms with Crippen molar-refractivity contribution in [3.05, 3.63) is 28.8 Å². The van der Waals surface area contributed by atoms with Crippen LogP contribution in [0.4, 0.5) is 0 Å². The first-order valence-corrected chi connectivity index (χ1v) is 6.15. The lowest BCUT2D eigenvalue weighted by Gasteiger charge is -2.16. The van der Waals surface area contributed by atoms with Gasteiger partial charge in [-0.2, -0.15) is 0 Å². The third-order valence-corrected chi connectivity index (χ3v) is 3.57. The molecule has 0 bridgehead atoms. The Morgan fingerprint density at radius 2 is 2.16 bits per heavy atom. The maximum absolute atomic E-state index is 11.7. The van der Waals surface area contributed by atoms with Crippen LogP contribution in [0.2, 0.25) is 5.02 Å². The molecule has 1 N–H and O–H groups in total. The Hall–Kier alpha value is -1.75. The van der Waals surface area contributed by atoms with Gasteiger partial charge < -0.3 is 14.8 Å². The van der Waals surface area contributed by atoms with E-state index in [0.29, 0.717) is 17.3 Å². The molecule has 0 radical (unpaired) electrons. The Balaban J connectivity index is 2.35. The summed E-state index contributed by atoms with van der Waals surface area (Å²) in [5.41, 5.74) is 0.733. The number of benzene rings is 1. The predicted octanol–water partition coefficient (Wildman–Crippen LogP) is 1.35. The van der Waals surface area contributed by atoms with E-state index in [0.717, 1.165) is 5.56 Å². The van der Waals surface area contributed by atoms with Crippen molar-refractivity contribution in [2.24, 2.45) is 5.92 Å². The van der Waals surface area contributed by atoms with Gasteiger partial charge in [-0.15, -0.1) is 0 Å². The molecule has 0 saturated carbocycles. The van der Waals surface area contributed by atoms with Gasteiger partial charge in [0, 0.05) is 17.5 Å². The number of ether oxygens (including phenoxy) is 2. The van der Waals surface area contributed by atoms with E-state index >= 15 is 0 Å². The second-order valence-corrected chi connectivity index (χ2v) is 4.65. The Bertz CT molecular complexity index is 517. The van der Waals surface area contributed by atoms with Crippen LogP contribution < -0.4 is 10.1 Å². The molecule has 5 nitrogen and oxygen atoms in total. The highest BCUT2D eigenvalue weighted by molar-refractivity contribution is 6.31. The predicted molar refractivity (Wildman–Crippen MR) is 69.3 cm³/mol. The largest absolute Gasteiger partial charge is 0.497 e. The number of nitrogens with one attached hydrogen (secondary N) is 1. The van der Waals surface area contributed by atoms with Crippen molar-refractivity contribution in [2.75, 3.05) is 20.8 Å². The number of carbonyl (C=O) groups excluding carboxylic acids is 2. The van der Waals surface area contributed by atoms with E-state index in [1.165, 1.54) is 7.11 Å². The van der Waals surface area contributed by atoms with Gasteiger partial charge >= 0.3 is 5.97 Å². The number of halogens is 1. The van der Waals surface area contributed by atoms with Gasteiger partial charge in [-0.05, 0) is 17.7 Å². The van der Waals surface area contributed by atoms with Crippen molar-refractivity contribution in [3.8, 4) is 5.75 Å². The van der Waals surface area contributed by atoms with E-state index < -0.39 is 11.9 Å². The highest BCUT2D eigenvalue weighted by Gasteiger charge is 2.42. The third-order valence-electron chi connectivity index (χ3n) is 3.24. The molecule has 2 rings (SSSR count). The van der Waals surface area contributed by atoms with E-state index in [4.69, 9.17) is 16.3 Å². The zero-order valence-corrected chi connectivity index (χ0v) is 11.4. The topological polar surface area (TPSA) is 64.6 Å². The quantitative estimate of drug-likeness (QED) is 0.672. The summed E-state index contributed by atoms with van der Waals surface area (Å²) in [5, 5.41) is 3.13. The van der Waals surface area contributed by atoms with Crippen LogP contribution in [0.5, 0.6) is 5.75 Å². The first-order chi connectivity index (χ1) is 9.08. The standard InChI is InChI=1S/C13H14ClNO4/c1-18-7-3-4-8(10(14)5-7)9-6-15-12(16)11(9)13(17)19-2/h3-5,9,11H,6H2,1-2H3,(H,15,16)/t9-,11-/m0/s1. The fourth-order valence-electron chi connectivity index (χ4n) is 2.24. The van der Waals surface area contributed by atoms with Gasteiger partial charge in [0.2, 0.25) is 5.91 Å². The Morgan fingerprint density at radius 1 is 1.42 bits per heavy atom. The van der Waals surface area contributed by atoms with Crippen molar-refractivity contribution >= 4 is 23.5 Å². The summed E-state index contributed by atoms with van der Waals surface area (Å²) in [5.74, 6) is -1.43. The molecule has 1 fully saturated rings. The average Bonchev–Trinajstić information content (AvgIpc) is 2.79. The minimum atomic E-state index is -0.851. The van der Waals surface area contributed by atoms with Crippen LogP contribution >= 0.6 is 11.6 Å². The van der Waals surface area contributed by atoms with E-state index in [1.54, 1.807) is 25.3 Å². The summed E-state index contributed by atoms with van der Waals surface area (Å²) < 4.78 is 9.74. The molecular weight excluding hydrogens is 270 g/mol. The minimum absolute atomic E-state index is 0.321. The van der Waals surface area contributed by atoms with Crippen LogP contribution in [0.15, 0.2) is 18.2 Å². The molecule has 1 aromatic rings. The number of hydrogen-bond acceptors (Lipinski definition) is 4. The zero-order chi connectivity index (χ0) is 14.0. The lowest BCUT2D eigenvalue weighted by atomic mass is 9.88. The number of esters is 1. The van der Waals surface area contributed by atoms with E-state index in [-0.39, 0.29) is 11.8 Å². The van der Waals surface area contributed by atoms with Gasteiger partial charge in [0.15, 0.2) is 0 Å². The highest BCUT2D eigenvalue weighted by atomic mass is 35.5. The number of methoxy groups -OCH3 is 2. The molecule has 0 spiro atoms. The highest BCUT2D eigenvalue weighted by Crippen LogP contribution is 2.35. The fraction of sp³-hybridized carbons (Fsp3) is 0.385. The van der Waals surface area contributed by atoms with E-state index in [1.807, 2.05) is 0 Å². The van der Waals surface area contributed by atoms with Crippen LogP contribution in [0, 0.1) is 5.92 Å². The molecule has 1 saturated heterocycles. The first-order valence-electron chi connectivity index (χ1n) is 5.77. The number of carbonyl (C=O) groups is 2. The fourth-order valence-corrected chi connectivity index (χ4v) is 2.56. The van der Waals surface area contributed by atoms with Crippen LogP contribution in [0.25, 0.3) is 0 Å². The van der Waals surface area contributed by atoms with Crippen molar-refractivity contribution in [1.82, 2.24) is 5.32 Å². The molecule has 1 amide bonds. The van der Waals surface area contributed by atoms with Crippen molar-refractivity contribution in [3.63, 3.8) is 0 Å². The summed E-state index contributed by atoms with van der Waals surface area (Å²) >= 11 is 6.18. The van der Waals surface area contributed by atoms with Crippen molar-refractivity contribution in [2.45, 2.75) is 5.92 Å².